The summed E-state index contributed by atoms with van der Waals surface area (Å²) in [6.07, 6.45) is 0.346. The zero-order chi connectivity index (χ0) is 22.2. The largest absolute Gasteiger partial charge is 0.373 e. The Morgan fingerprint density at radius 1 is 1.19 bits per heavy atom. The molecule has 1 aliphatic heterocycles. The second kappa shape index (κ2) is 8.40. The molecule has 4 rings (SSSR count). The minimum Gasteiger partial charge on any atom is -0.373 e. The fourth-order valence-corrected chi connectivity index (χ4v) is 4.21. The summed E-state index contributed by atoms with van der Waals surface area (Å²) in [6.45, 7) is 12.5. The molecule has 7 heteroatoms. The van der Waals surface area contributed by atoms with Crippen LogP contribution in [0.3, 0.4) is 0 Å². The van der Waals surface area contributed by atoms with Crippen LogP contribution in [-0.2, 0) is 4.74 Å². The second-order valence-corrected chi connectivity index (χ2v) is 9.03. The van der Waals surface area contributed by atoms with E-state index in [1.165, 1.54) is 0 Å². The highest BCUT2D eigenvalue weighted by atomic mass is 16.5. The van der Waals surface area contributed by atoms with Crippen LogP contribution in [0.15, 0.2) is 40.9 Å². The van der Waals surface area contributed by atoms with Gasteiger partial charge in [0.25, 0.3) is 11.6 Å². The topological polar surface area (TPSA) is 80.5 Å². The van der Waals surface area contributed by atoms with Crippen LogP contribution in [-0.4, -0.2) is 58.3 Å². The third kappa shape index (κ3) is 4.48. The maximum Gasteiger partial charge on any atom is 0.259 e. The van der Waals surface area contributed by atoms with Crippen molar-refractivity contribution in [3.8, 4) is 11.3 Å². The number of pyridine rings is 1. The van der Waals surface area contributed by atoms with Crippen LogP contribution < -0.4 is 5.32 Å². The number of ether oxygens (including phenoxy) is 1. The Balaban J connectivity index is 1.59. The number of aromatic nitrogens is 2. The van der Waals surface area contributed by atoms with E-state index in [0.717, 1.165) is 18.7 Å². The summed E-state index contributed by atoms with van der Waals surface area (Å²) in [7, 11) is 0. The van der Waals surface area contributed by atoms with Gasteiger partial charge in [0.05, 0.1) is 34.5 Å². The molecule has 1 N–H and O–H groups in total. The fraction of sp³-hybridized carbons (Fsp3) is 0.458. The summed E-state index contributed by atoms with van der Waals surface area (Å²) in [5, 5.41) is 7.82. The van der Waals surface area contributed by atoms with E-state index < -0.39 is 0 Å². The molecule has 1 fully saturated rings. The van der Waals surface area contributed by atoms with Crippen LogP contribution in [0, 0.1) is 6.92 Å². The average molecular weight is 423 g/mol. The van der Waals surface area contributed by atoms with Gasteiger partial charge in [-0.2, -0.15) is 0 Å². The van der Waals surface area contributed by atoms with Crippen molar-refractivity contribution in [1.82, 2.24) is 20.4 Å². The van der Waals surface area contributed by atoms with Gasteiger partial charge in [0, 0.05) is 30.7 Å². The fourth-order valence-electron chi connectivity index (χ4n) is 4.21. The maximum absolute atomic E-state index is 13.3. The highest BCUT2D eigenvalue weighted by Gasteiger charge is 2.33. The molecule has 31 heavy (non-hydrogen) atoms. The lowest BCUT2D eigenvalue weighted by Crippen LogP contribution is -2.58. The summed E-state index contributed by atoms with van der Waals surface area (Å²) in [5.74, 6) is -0.154. The lowest BCUT2D eigenvalue weighted by atomic mass is 9.99. The molecule has 164 valence electrons. The lowest BCUT2D eigenvalue weighted by Gasteiger charge is -2.45. The van der Waals surface area contributed by atoms with Gasteiger partial charge >= 0.3 is 0 Å². The number of benzene rings is 1. The van der Waals surface area contributed by atoms with Gasteiger partial charge in [0.1, 0.15) is 0 Å². The molecule has 2 aromatic heterocycles. The van der Waals surface area contributed by atoms with Crippen molar-refractivity contribution in [2.24, 2.45) is 0 Å². The van der Waals surface area contributed by atoms with Crippen molar-refractivity contribution >= 4 is 17.0 Å². The monoisotopic (exact) mass is 422 g/mol. The van der Waals surface area contributed by atoms with Crippen molar-refractivity contribution in [2.75, 3.05) is 19.6 Å². The van der Waals surface area contributed by atoms with Gasteiger partial charge in [-0.05, 0) is 40.7 Å². The quantitative estimate of drug-likeness (QED) is 0.673. The van der Waals surface area contributed by atoms with E-state index in [0.29, 0.717) is 34.6 Å². The smallest absolute Gasteiger partial charge is 0.259 e. The van der Waals surface area contributed by atoms with E-state index in [1.54, 1.807) is 0 Å². The van der Waals surface area contributed by atoms with E-state index >= 15 is 0 Å². The zero-order valence-electron chi connectivity index (χ0n) is 18.8. The number of fused-ring (bicyclic) bond motifs is 1. The van der Waals surface area contributed by atoms with Gasteiger partial charge in [-0.3, -0.25) is 9.69 Å². The van der Waals surface area contributed by atoms with Crippen molar-refractivity contribution in [3.05, 3.63) is 47.7 Å². The average Bonchev–Trinajstić information content (AvgIpc) is 3.12. The van der Waals surface area contributed by atoms with Crippen LogP contribution in [0.4, 0.5) is 0 Å². The molecule has 1 saturated heterocycles. The molecule has 0 spiro atoms. The van der Waals surface area contributed by atoms with E-state index in [4.69, 9.17) is 9.26 Å². The molecule has 7 nitrogen and oxygen atoms in total. The first-order chi connectivity index (χ1) is 14.7. The first-order valence-electron chi connectivity index (χ1n) is 10.8. The van der Waals surface area contributed by atoms with Crippen molar-refractivity contribution < 1.29 is 14.1 Å². The normalized spacial score (nSPS) is 20.2. The maximum atomic E-state index is 13.3. The Labute approximate surface area is 182 Å². The molecule has 2 unspecified atom stereocenters. The van der Waals surface area contributed by atoms with Crippen molar-refractivity contribution in [2.45, 2.75) is 52.4 Å². The molecule has 1 aromatic carbocycles. The number of carbonyl (C=O) groups excluding carboxylic acids is 1. The van der Waals surface area contributed by atoms with Gasteiger partial charge in [-0.25, -0.2) is 4.98 Å². The summed E-state index contributed by atoms with van der Waals surface area (Å²) >= 11 is 0. The van der Waals surface area contributed by atoms with Crippen LogP contribution in [0.5, 0.6) is 0 Å². The number of morpholine rings is 1. The second-order valence-electron chi connectivity index (χ2n) is 9.03. The number of carbonyl (C=O) groups is 1. The third-order valence-electron chi connectivity index (χ3n) is 5.89. The number of hydrogen-bond acceptors (Lipinski definition) is 6. The summed E-state index contributed by atoms with van der Waals surface area (Å²) < 4.78 is 11.3. The molecule has 3 aromatic rings. The number of hydrogen-bond donors (Lipinski definition) is 1. The lowest BCUT2D eigenvalue weighted by molar-refractivity contribution is -0.0948. The first kappa shape index (κ1) is 21.5. The number of amides is 1. The molecule has 1 amide bonds. The predicted octanol–water partition coefficient (Wildman–Crippen LogP) is 3.82. The molecule has 0 saturated carbocycles. The van der Waals surface area contributed by atoms with Gasteiger partial charge in [-0.1, -0.05) is 35.5 Å². The number of nitrogens with zero attached hydrogens (tertiary/aromatic N) is 3. The van der Waals surface area contributed by atoms with Crippen LogP contribution in [0.25, 0.3) is 22.4 Å². The van der Waals surface area contributed by atoms with Gasteiger partial charge in [0.15, 0.2) is 0 Å². The summed E-state index contributed by atoms with van der Waals surface area (Å²) in [4.78, 5) is 20.3. The molecule has 0 bridgehead atoms. The van der Waals surface area contributed by atoms with E-state index in [-0.39, 0.29) is 23.7 Å². The van der Waals surface area contributed by atoms with Crippen LogP contribution in [0.2, 0.25) is 0 Å². The van der Waals surface area contributed by atoms with Crippen LogP contribution in [0.1, 0.15) is 43.7 Å². The van der Waals surface area contributed by atoms with E-state index in [2.05, 4.69) is 48.1 Å². The van der Waals surface area contributed by atoms with Crippen molar-refractivity contribution in [1.29, 1.82) is 0 Å². The summed E-state index contributed by atoms with van der Waals surface area (Å²) in [5.41, 5.74) is 2.96. The Morgan fingerprint density at radius 3 is 2.55 bits per heavy atom. The Bertz CT molecular complexity index is 1070. The molecular formula is C24H30N4O3. The SMILES string of the molecule is Cc1noc2nc(-c3ccccc3)cc(C(=O)NCC(C)(C)N3CC(C)OC(C)C3)c12. The molecule has 2 atom stereocenters. The van der Waals surface area contributed by atoms with E-state index in [1.807, 2.05) is 43.3 Å². The number of rotatable bonds is 5. The standard InChI is InChI=1S/C24H30N4O3/c1-15-12-28(13-16(2)30-15)24(4,5)14-25-22(29)19-11-20(18-9-7-6-8-10-18)26-23-21(19)17(3)27-31-23/h6-11,15-16H,12-14H2,1-5H3,(H,25,29). The van der Waals surface area contributed by atoms with Crippen LogP contribution >= 0.6 is 0 Å². The van der Waals surface area contributed by atoms with Gasteiger partial charge in [-0.15, -0.1) is 0 Å². The van der Waals surface area contributed by atoms with Gasteiger partial charge < -0.3 is 14.6 Å². The highest BCUT2D eigenvalue weighted by Crippen LogP contribution is 2.27. The minimum absolute atomic E-state index is 0.154. The number of aryl methyl sites for hydroxylation is 1. The Hall–Kier alpha value is -2.77. The Kier molecular flexibility index (Phi) is 5.81. The highest BCUT2D eigenvalue weighted by molar-refractivity contribution is 6.07. The van der Waals surface area contributed by atoms with Crippen molar-refractivity contribution in [3.63, 3.8) is 0 Å². The zero-order valence-corrected chi connectivity index (χ0v) is 18.8. The first-order valence-corrected chi connectivity index (χ1v) is 10.8. The third-order valence-corrected chi connectivity index (χ3v) is 5.89. The molecule has 0 radical (unpaired) electrons. The van der Waals surface area contributed by atoms with Gasteiger partial charge in [0.2, 0.25) is 0 Å². The number of nitrogens with one attached hydrogen (secondary N) is 1. The minimum atomic E-state index is -0.208. The molecule has 0 aliphatic carbocycles. The molecular weight excluding hydrogens is 392 g/mol. The predicted molar refractivity (Wildman–Crippen MR) is 120 cm³/mol. The van der Waals surface area contributed by atoms with E-state index in [9.17, 15) is 4.79 Å². The molecule has 3 heterocycles. The Morgan fingerprint density at radius 2 is 1.87 bits per heavy atom. The molecule has 1 aliphatic rings. The summed E-state index contributed by atoms with van der Waals surface area (Å²) in [6, 6.07) is 11.6.